The van der Waals surface area contributed by atoms with E-state index in [0.717, 1.165) is 28.5 Å². The predicted molar refractivity (Wildman–Crippen MR) is 121 cm³/mol. The quantitative estimate of drug-likeness (QED) is 0.454. The Morgan fingerprint density at radius 1 is 0.938 bits per heavy atom. The van der Waals surface area contributed by atoms with Crippen molar-refractivity contribution in [2.75, 3.05) is 13.3 Å². The fourth-order valence-corrected chi connectivity index (χ4v) is 4.19. The molecule has 32 heavy (non-hydrogen) atoms. The smallest absolute Gasteiger partial charge is 0.231 e. The molecule has 0 saturated heterocycles. The van der Waals surface area contributed by atoms with Crippen LogP contribution in [0.5, 0.6) is 11.5 Å². The van der Waals surface area contributed by atoms with Gasteiger partial charge in [-0.1, -0.05) is 18.2 Å². The fraction of sp³-hybridized carbons (Fsp3) is 0.120. The number of benzene rings is 3. The van der Waals surface area contributed by atoms with Crippen molar-refractivity contribution >= 4 is 21.9 Å². The lowest BCUT2D eigenvalue weighted by Gasteiger charge is -2.10. The van der Waals surface area contributed by atoms with Gasteiger partial charge in [0.25, 0.3) is 0 Å². The molecule has 6 nitrogen and oxygen atoms in total. The van der Waals surface area contributed by atoms with Gasteiger partial charge in [0, 0.05) is 22.7 Å². The number of imidazole rings is 1. The summed E-state index contributed by atoms with van der Waals surface area (Å²) in [7, 11) is 0. The number of hydrogen-bond acceptors (Lipinski definition) is 5. The van der Waals surface area contributed by atoms with Gasteiger partial charge in [-0.2, -0.15) is 0 Å². The van der Waals surface area contributed by atoms with Crippen molar-refractivity contribution in [3.63, 3.8) is 0 Å². The van der Waals surface area contributed by atoms with Crippen LogP contribution in [0.1, 0.15) is 5.56 Å². The number of hydrogen-bond donors (Lipinski definition) is 1. The zero-order chi connectivity index (χ0) is 21.7. The van der Waals surface area contributed by atoms with Gasteiger partial charge in [-0.15, -0.1) is 0 Å². The van der Waals surface area contributed by atoms with Crippen molar-refractivity contribution in [3.05, 3.63) is 78.5 Å². The van der Waals surface area contributed by atoms with Crippen LogP contribution in [0.2, 0.25) is 0 Å². The molecule has 0 atom stereocenters. The Morgan fingerprint density at radius 3 is 2.62 bits per heavy atom. The summed E-state index contributed by atoms with van der Waals surface area (Å²) in [5, 5.41) is 0.820. The lowest BCUT2D eigenvalue weighted by atomic mass is 10.0. The van der Waals surface area contributed by atoms with E-state index in [1.165, 1.54) is 11.6 Å². The van der Waals surface area contributed by atoms with Crippen LogP contribution in [0, 0.1) is 5.82 Å². The molecule has 0 saturated carbocycles. The third-order valence-corrected chi connectivity index (χ3v) is 5.79. The van der Waals surface area contributed by atoms with Crippen molar-refractivity contribution in [2.24, 2.45) is 5.73 Å². The molecular weight excluding hydrogens is 407 g/mol. The van der Waals surface area contributed by atoms with Crippen LogP contribution in [-0.4, -0.2) is 27.9 Å². The standard InChI is InChI=1S/C25H19FN4O2/c26-20-11-21-19(10-18(20)16-3-6-23-24(9-16)32-14-31-23)25-22(12-28-21)29-13-30(25)17-4-1-15(2-5-17)7-8-27/h1-6,9-13H,7-8,14,27H2. The Balaban J connectivity index is 1.54. The van der Waals surface area contributed by atoms with Crippen molar-refractivity contribution in [1.82, 2.24) is 14.5 Å². The van der Waals surface area contributed by atoms with E-state index in [9.17, 15) is 0 Å². The number of nitrogens with two attached hydrogens (primary N) is 1. The maximum atomic E-state index is 15.1. The molecule has 0 bridgehead atoms. The largest absolute Gasteiger partial charge is 0.454 e. The summed E-state index contributed by atoms with van der Waals surface area (Å²) >= 11 is 0. The Kier molecular flexibility index (Phi) is 4.29. The van der Waals surface area contributed by atoms with Crippen molar-refractivity contribution < 1.29 is 13.9 Å². The molecule has 0 radical (unpaired) electrons. The summed E-state index contributed by atoms with van der Waals surface area (Å²) in [6, 6.07) is 16.9. The van der Waals surface area contributed by atoms with E-state index in [4.69, 9.17) is 15.2 Å². The van der Waals surface area contributed by atoms with Gasteiger partial charge >= 0.3 is 0 Å². The molecule has 3 aromatic carbocycles. The highest BCUT2D eigenvalue weighted by Gasteiger charge is 2.18. The Labute approximate surface area is 183 Å². The second-order valence-electron chi connectivity index (χ2n) is 7.73. The first-order valence-corrected chi connectivity index (χ1v) is 10.4. The van der Waals surface area contributed by atoms with E-state index in [2.05, 4.69) is 22.1 Å². The van der Waals surface area contributed by atoms with Gasteiger partial charge in [-0.3, -0.25) is 9.55 Å². The van der Waals surface area contributed by atoms with Crippen LogP contribution >= 0.6 is 0 Å². The summed E-state index contributed by atoms with van der Waals surface area (Å²) in [6.45, 7) is 0.782. The normalized spacial score (nSPS) is 12.7. The van der Waals surface area contributed by atoms with E-state index < -0.39 is 0 Å². The lowest BCUT2D eigenvalue weighted by molar-refractivity contribution is 0.174. The number of pyridine rings is 1. The van der Waals surface area contributed by atoms with Crippen molar-refractivity contribution in [2.45, 2.75) is 6.42 Å². The average molecular weight is 426 g/mol. The first-order chi connectivity index (χ1) is 15.7. The highest BCUT2D eigenvalue weighted by atomic mass is 19.1. The average Bonchev–Trinajstić information content (AvgIpc) is 3.46. The number of fused-ring (bicyclic) bond motifs is 4. The SMILES string of the molecule is NCCc1ccc(-n2cnc3cnc4cc(F)c(-c5ccc6c(c5)OCO6)cc4c32)cc1. The summed E-state index contributed by atoms with van der Waals surface area (Å²) in [5.74, 6) is 0.927. The molecule has 7 heteroatoms. The minimum atomic E-state index is -0.347. The van der Waals surface area contributed by atoms with Gasteiger partial charge in [0.15, 0.2) is 11.5 Å². The Morgan fingerprint density at radius 2 is 1.78 bits per heavy atom. The second-order valence-corrected chi connectivity index (χ2v) is 7.73. The summed E-state index contributed by atoms with van der Waals surface area (Å²) in [4.78, 5) is 8.96. The van der Waals surface area contributed by atoms with E-state index in [0.29, 0.717) is 34.7 Å². The van der Waals surface area contributed by atoms with Gasteiger partial charge in [0.2, 0.25) is 6.79 Å². The van der Waals surface area contributed by atoms with Gasteiger partial charge < -0.3 is 15.2 Å². The first kappa shape index (κ1) is 18.8. The molecule has 6 rings (SSSR count). The molecule has 0 aliphatic carbocycles. The van der Waals surface area contributed by atoms with Gasteiger partial charge in [0.1, 0.15) is 17.7 Å². The number of halogens is 1. The van der Waals surface area contributed by atoms with Crippen LogP contribution in [0.4, 0.5) is 4.39 Å². The second kappa shape index (κ2) is 7.32. The molecule has 2 aromatic heterocycles. The third-order valence-electron chi connectivity index (χ3n) is 5.79. The number of rotatable bonds is 4. The van der Waals surface area contributed by atoms with Crippen LogP contribution in [0.3, 0.4) is 0 Å². The molecule has 0 fully saturated rings. The molecule has 158 valence electrons. The topological polar surface area (TPSA) is 75.2 Å². The van der Waals surface area contributed by atoms with Gasteiger partial charge in [-0.25, -0.2) is 9.37 Å². The van der Waals surface area contributed by atoms with Crippen LogP contribution in [0.25, 0.3) is 38.8 Å². The molecule has 2 N–H and O–H groups in total. The maximum absolute atomic E-state index is 15.1. The molecule has 3 heterocycles. The van der Waals surface area contributed by atoms with E-state index >= 15 is 4.39 Å². The van der Waals surface area contributed by atoms with Gasteiger partial charge in [-0.05, 0) is 54.4 Å². The zero-order valence-corrected chi connectivity index (χ0v) is 17.1. The Bertz CT molecular complexity index is 1480. The monoisotopic (exact) mass is 426 g/mol. The van der Waals surface area contributed by atoms with Gasteiger partial charge in [0.05, 0.1) is 17.2 Å². The highest BCUT2D eigenvalue weighted by molar-refractivity contribution is 6.04. The number of aromatic nitrogens is 3. The van der Waals surface area contributed by atoms with E-state index in [1.807, 2.05) is 28.8 Å². The minimum Gasteiger partial charge on any atom is -0.454 e. The van der Waals surface area contributed by atoms with Crippen LogP contribution in [0.15, 0.2) is 67.1 Å². The van der Waals surface area contributed by atoms with Crippen LogP contribution in [-0.2, 0) is 6.42 Å². The first-order valence-electron chi connectivity index (χ1n) is 10.4. The summed E-state index contributed by atoms with van der Waals surface area (Å²) < 4.78 is 27.9. The molecule has 1 aliphatic heterocycles. The summed E-state index contributed by atoms with van der Waals surface area (Å²) in [5.41, 5.74) is 11.2. The molecule has 0 unspecified atom stereocenters. The minimum absolute atomic E-state index is 0.173. The fourth-order valence-electron chi connectivity index (χ4n) is 4.19. The highest BCUT2D eigenvalue weighted by Crippen LogP contribution is 2.38. The predicted octanol–water partition coefficient (Wildman–Crippen LogP) is 4.61. The molecule has 5 aromatic rings. The Hall–Kier alpha value is -3.97. The zero-order valence-electron chi connectivity index (χ0n) is 17.1. The summed E-state index contributed by atoms with van der Waals surface area (Å²) in [6.07, 6.45) is 4.28. The van der Waals surface area contributed by atoms with Crippen molar-refractivity contribution in [3.8, 4) is 28.3 Å². The number of ether oxygens (including phenoxy) is 2. The maximum Gasteiger partial charge on any atom is 0.231 e. The molecule has 0 amide bonds. The van der Waals surface area contributed by atoms with Crippen molar-refractivity contribution in [1.29, 1.82) is 0 Å². The molecule has 0 spiro atoms. The third kappa shape index (κ3) is 2.98. The van der Waals surface area contributed by atoms with Crippen LogP contribution < -0.4 is 15.2 Å². The van der Waals surface area contributed by atoms with E-state index in [1.54, 1.807) is 24.7 Å². The van der Waals surface area contributed by atoms with E-state index in [-0.39, 0.29) is 12.6 Å². The molecule has 1 aliphatic rings. The number of nitrogens with zero attached hydrogens (tertiary/aromatic N) is 3. The lowest BCUT2D eigenvalue weighted by Crippen LogP contribution is -2.02. The molecular formula is C25H19FN4O2.